The van der Waals surface area contributed by atoms with Crippen LogP contribution in [0.15, 0.2) is 11.6 Å². The zero-order valence-electron chi connectivity index (χ0n) is 48.5. The van der Waals surface area contributed by atoms with E-state index in [1.807, 2.05) is 0 Å². The van der Waals surface area contributed by atoms with Crippen molar-refractivity contribution >= 4 is 5.97 Å². The van der Waals surface area contributed by atoms with Crippen LogP contribution in [-0.2, 0) is 52.2 Å². The predicted molar refractivity (Wildman–Crippen MR) is 279 cm³/mol. The van der Waals surface area contributed by atoms with Gasteiger partial charge in [-0.3, -0.25) is 4.79 Å². The van der Waals surface area contributed by atoms with Crippen LogP contribution in [0.3, 0.4) is 0 Å². The van der Waals surface area contributed by atoms with E-state index in [0.717, 1.165) is 5.57 Å². The Balaban J connectivity index is 0.903. The van der Waals surface area contributed by atoms with Crippen LogP contribution < -0.4 is 0 Å². The second kappa shape index (κ2) is 22.9. The minimum Gasteiger partial charge on any atom is -0.432 e. The van der Waals surface area contributed by atoms with Crippen molar-refractivity contribution in [2.75, 3.05) is 33.0 Å². The smallest absolute Gasteiger partial charge is 0.315 e. The predicted octanol–water partition coefficient (Wildman–Crippen LogP) is -3.32. The van der Waals surface area contributed by atoms with Gasteiger partial charge in [0, 0.05) is 11.3 Å². The fourth-order valence-electron chi connectivity index (χ4n) is 17.3. The van der Waals surface area contributed by atoms with Crippen molar-refractivity contribution in [2.24, 2.45) is 50.2 Å². The van der Waals surface area contributed by atoms with Gasteiger partial charge in [-0.2, -0.15) is 0 Å². The van der Waals surface area contributed by atoms with Gasteiger partial charge in [-0.1, -0.05) is 53.2 Å². The summed E-state index contributed by atoms with van der Waals surface area (Å²) >= 11 is 0. The standard InChI is InChI=1S/C57H92O26/c1-23-32(64)34(66)35(67)46(77-23)80-39-30(63)19-74-45(36(39)68)79-38-24(2)78-47(37(69)40(38)81-49-44(71)57(73,21-59)22-76-49)82-41-33(65)29(62)18-75-48(41)83-50(72)56-13-11-51(3,4)15-26(56)25-9-10-31-52(5)16-28(61)43(70)53(6,20-58)42(52)27(60)17-55(31,8)54(25,7)12-14-56/h9,23-24,26-49,58-71,73H,10-22H2,1-8H3/t23-,24+,26+,27-,28-,29+,30-,31?,32-,33+,34+,35+,36-,37-,38+,39+,40+,41-,42?,43-,44+,45+,46-,47+,48+,49+,52-,53+,54-,55-,56+,57-/m1/s1. The average Bonchev–Trinajstić information content (AvgIpc) is 3.78. The van der Waals surface area contributed by atoms with Crippen LogP contribution in [-0.4, -0.2) is 263 Å². The van der Waals surface area contributed by atoms with E-state index in [2.05, 4.69) is 40.7 Å². The van der Waals surface area contributed by atoms with Crippen LogP contribution in [0, 0.1) is 50.2 Å². The van der Waals surface area contributed by atoms with Gasteiger partial charge < -0.3 is 124 Å². The number of fused-ring (bicyclic) bond motifs is 7. The third-order valence-corrected chi connectivity index (χ3v) is 22.4. The summed E-state index contributed by atoms with van der Waals surface area (Å²) in [6.07, 6.45) is -31.0. The van der Waals surface area contributed by atoms with Crippen molar-refractivity contribution in [3.63, 3.8) is 0 Å². The van der Waals surface area contributed by atoms with Gasteiger partial charge in [0.1, 0.15) is 78.8 Å². The van der Waals surface area contributed by atoms with Gasteiger partial charge in [-0.15, -0.1) is 0 Å². The number of rotatable bonds is 12. The third-order valence-electron chi connectivity index (χ3n) is 22.4. The molecule has 5 heterocycles. The maximum Gasteiger partial charge on any atom is 0.315 e. The van der Waals surface area contributed by atoms with Crippen LogP contribution in [0.4, 0.5) is 0 Å². The van der Waals surface area contributed by atoms with Crippen molar-refractivity contribution in [3.8, 4) is 0 Å². The summed E-state index contributed by atoms with van der Waals surface area (Å²) in [6.45, 7) is 12.3. The van der Waals surface area contributed by atoms with E-state index in [0.29, 0.717) is 44.9 Å². The Morgan fingerprint density at radius 1 is 0.566 bits per heavy atom. The molecule has 4 saturated carbocycles. The number of aliphatic hydroxyl groups excluding tert-OH is 14. The molecule has 26 nitrogen and oxygen atoms in total. The summed E-state index contributed by atoms with van der Waals surface area (Å²) in [5, 5.41) is 167. The summed E-state index contributed by atoms with van der Waals surface area (Å²) < 4.78 is 59.8. The summed E-state index contributed by atoms with van der Waals surface area (Å²) in [7, 11) is 0. The second-order valence-corrected chi connectivity index (χ2v) is 28.0. The molecule has 32 atom stereocenters. The fourth-order valence-corrected chi connectivity index (χ4v) is 17.3. The normalized spacial score (nSPS) is 56.2. The largest absolute Gasteiger partial charge is 0.432 e. The molecule has 476 valence electrons. The van der Waals surface area contributed by atoms with Gasteiger partial charge in [0.05, 0.1) is 69.0 Å². The Morgan fingerprint density at radius 2 is 1.17 bits per heavy atom. The lowest BCUT2D eigenvalue weighted by molar-refractivity contribution is -0.387. The molecule has 2 unspecified atom stereocenters. The summed E-state index contributed by atoms with van der Waals surface area (Å²) in [5.41, 5.74) is -5.50. The lowest BCUT2D eigenvalue weighted by atomic mass is 9.33. The van der Waals surface area contributed by atoms with E-state index >= 15 is 4.79 Å². The number of hydrogen-bond acceptors (Lipinski definition) is 26. The molecule has 5 aliphatic heterocycles. The van der Waals surface area contributed by atoms with Crippen molar-refractivity contribution in [2.45, 2.75) is 254 Å². The van der Waals surface area contributed by atoms with Crippen LogP contribution in [0.2, 0.25) is 0 Å². The molecule has 9 fully saturated rings. The Labute approximate surface area is 482 Å². The van der Waals surface area contributed by atoms with E-state index in [1.165, 1.54) is 13.8 Å². The quantitative estimate of drug-likeness (QED) is 0.0671. The number of hydrogen-bond donors (Lipinski definition) is 15. The summed E-state index contributed by atoms with van der Waals surface area (Å²) in [6, 6.07) is 0. The summed E-state index contributed by atoms with van der Waals surface area (Å²) in [4.78, 5) is 15.5. The van der Waals surface area contributed by atoms with Crippen LogP contribution in [0.1, 0.15) is 107 Å². The fraction of sp³-hybridized carbons (Fsp3) is 0.947. The highest BCUT2D eigenvalue weighted by atomic mass is 16.8. The first kappa shape index (κ1) is 64.2. The minimum absolute atomic E-state index is 0.0856. The van der Waals surface area contributed by atoms with Crippen LogP contribution >= 0.6 is 0 Å². The Hall–Kier alpha value is -1.75. The van der Waals surface area contributed by atoms with Crippen molar-refractivity contribution in [3.05, 3.63) is 11.6 Å². The highest BCUT2D eigenvalue weighted by molar-refractivity contribution is 5.79. The Morgan fingerprint density at radius 3 is 1.84 bits per heavy atom. The van der Waals surface area contributed by atoms with E-state index in [1.54, 1.807) is 6.92 Å². The van der Waals surface area contributed by atoms with E-state index in [-0.39, 0.29) is 23.7 Å². The first-order chi connectivity index (χ1) is 38.8. The topological polar surface area (TPSA) is 413 Å². The molecule has 83 heavy (non-hydrogen) atoms. The maximum atomic E-state index is 15.5. The molecular weight excluding hydrogens is 1100 g/mol. The number of carbonyl (C=O) groups excluding carboxylic acids is 1. The number of aliphatic hydroxyl groups is 15. The SMILES string of the molecule is C[C@@H]1O[C@@H](O[C@H]2[C@H](OC(=O)[C@]34CCC(C)(C)C[C@H]3C3=CCC5[C@@]6(C)C[C@@H](O)[C@@H](O)[C@@](C)(CO)C6[C@H](O)C[C@@]5(C)[C@]3(C)CC4)OC[C@H](O)[C@@H]2O)[C@H](O)[C@H](O[C@@H]2OC[C@](O)(CO)[C@H]2O)[C@H]1O[C@@H]1OC[C@@H](O)[C@H](O[C@H]2O[C@H](C)[C@@H](O)[C@H](O)[C@@H]2O)[C@H]1O. The maximum absolute atomic E-state index is 15.5. The Bertz CT molecular complexity index is 2350. The van der Waals surface area contributed by atoms with E-state index in [9.17, 15) is 76.6 Å². The monoisotopic (exact) mass is 1190 g/mol. The molecule has 10 aliphatic rings. The van der Waals surface area contributed by atoms with Crippen molar-refractivity contribution in [1.29, 1.82) is 0 Å². The lowest BCUT2D eigenvalue weighted by Gasteiger charge is -2.72. The highest BCUT2D eigenvalue weighted by Crippen LogP contribution is 2.76. The molecule has 5 aliphatic carbocycles. The zero-order valence-corrected chi connectivity index (χ0v) is 48.5. The molecule has 10 rings (SSSR count). The van der Waals surface area contributed by atoms with E-state index in [4.69, 9.17) is 47.4 Å². The Kier molecular flexibility index (Phi) is 17.7. The zero-order chi connectivity index (χ0) is 60.6. The molecule has 0 aromatic rings. The van der Waals surface area contributed by atoms with Gasteiger partial charge in [0.2, 0.25) is 6.29 Å². The van der Waals surface area contributed by atoms with Gasteiger partial charge in [-0.25, -0.2) is 0 Å². The minimum atomic E-state index is -2.21. The van der Waals surface area contributed by atoms with Gasteiger partial charge >= 0.3 is 5.97 Å². The van der Waals surface area contributed by atoms with Crippen molar-refractivity contribution in [1.82, 2.24) is 0 Å². The molecule has 0 spiro atoms. The number of esters is 1. The molecule has 0 aromatic heterocycles. The first-order valence-electron chi connectivity index (χ1n) is 29.6. The molecule has 5 saturated heterocycles. The summed E-state index contributed by atoms with van der Waals surface area (Å²) in [5.74, 6) is -1.62. The van der Waals surface area contributed by atoms with Crippen molar-refractivity contribution < 1.29 is 129 Å². The van der Waals surface area contributed by atoms with Gasteiger partial charge in [0.25, 0.3) is 0 Å². The first-order valence-corrected chi connectivity index (χ1v) is 29.6. The molecule has 26 heteroatoms. The second-order valence-electron chi connectivity index (χ2n) is 28.0. The third kappa shape index (κ3) is 10.4. The van der Waals surface area contributed by atoms with Gasteiger partial charge in [-0.05, 0) is 98.7 Å². The molecular formula is C57H92O26. The average molecular weight is 1190 g/mol. The molecule has 0 bridgehead atoms. The lowest BCUT2D eigenvalue weighted by Crippen LogP contribution is -2.71. The van der Waals surface area contributed by atoms with Crippen LogP contribution in [0.5, 0.6) is 0 Å². The molecule has 0 radical (unpaired) electrons. The van der Waals surface area contributed by atoms with Gasteiger partial charge in [0.15, 0.2) is 31.3 Å². The number of allylic oxidation sites excluding steroid dienone is 2. The number of ether oxygens (including phenoxy) is 10. The number of carbonyl (C=O) groups is 1. The highest BCUT2D eigenvalue weighted by Gasteiger charge is 2.73. The molecule has 15 N–H and O–H groups in total. The van der Waals surface area contributed by atoms with Crippen LogP contribution in [0.25, 0.3) is 0 Å². The molecule has 0 amide bonds. The molecule has 0 aromatic carbocycles. The van der Waals surface area contributed by atoms with E-state index < -0.39 is 219 Å².